The third-order valence-electron chi connectivity index (χ3n) is 2.33. The van der Waals surface area contributed by atoms with Crippen molar-refractivity contribution in [2.75, 3.05) is 6.61 Å². The van der Waals surface area contributed by atoms with E-state index in [1.807, 2.05) is 0 Å². The summed E-state index contributed by atoms with van der Waals surface area (Å²) in [5.74, 6) is -1.11. The van der Waals surface area contributed by atoms with Gasteiger partial charge in [-0.2, -0.15) is 5.10 Å². The third kappa shape index (κ3) is 2.57. The number of nitrogens with zero attached hydrogens (tertiary/aromatic N) is 3. The number of aliphatic hydroxyl groups excluding tert-OH is 1. The molecule has 0 bridgehead atoms. The first-order valence-electron chi connectivity index (χ1n) is 5.15. The van der Waals surface area contributed by atoms with Crippen LogP contribution in [0, 0.1) is 0 Å². The Hall–Kier alpha value is -1.73. The van der Waals surface area contributed by atoms with E-state index >= 15 is 0 Å². The zero-order valence-corrected chi connectivity index (χ0v) is 10.8. The maximum absolute atomic E-state index is 11.0. The fourth-order valence-electron chi connectivity index (χ4n) is 1.55. The number of hydrogen-bond acceptors (Lipinski definition) is 4. The Balaban J connectivity index is 2.46. The van der Waals surface area contributed by atoms with Gasteiger partial charge in [-0.25, -0.2) is 9.48 Å². The summed E-state index contributed by atoms with van der Waals surface area (Å²) >= 11 is 3.28. The molecular weight excluding hydrogens is 302 g/mol. The number of pyridine rings is 1. The quantitative estimate of drug-likeness (QED) is 0.887. The minimum atomic E-state index is -1.11. The van der Waals surface area contributed by atoms with Gasteiger partial charge in [-0.3, -0.25) is 4.98 Å². The zero-order valence-electron chi connectivity index (χ0n) is 9.25. The third-order valence-corrected chi connectivity index (χ3v) is 2.76. The highest BCUT2D eigenvalue weighted by Gasteiger charge is 2.16. The van der Waals surface area contributed by atoms with Gasteiger partial charge in [0.2, 0.25) is 0 Å². The highest BCUT2D eigenvalue weighted by molar-refractivity contribution is 9.10. The van der Waals surface area contributed by atoms with Gasteiger partial charge in [0.15, 0.2) is 5.69 Å². The van der Waals surface area contributed by atoms with E-state index in [1.54, 1.807) is 24.7 Å². The fraction of sp³-hybridized carbons (Fsp3) is 0.182. The van der Waals surface area contributed by atoms with E-state index < -0.39 is 5.97 Å². The normalized spacial score (nSPS) is 10.6. The van der Waals surface area contributed by atoms with Crippen LogP contribution in [0.5, 0.6) is 0 Å². The summed E-state index contributed by atoms with van der Waals surface area (Å²) in [5, 5.41) is 21.9. The van der Waals surface area contributed by atoms with Gasteiger partial charge in [0, 0.05) is 29.0 Å². The minimum Gasteiger partial charge on any atom is -0.476 e. The van der Waals surface area contributed by atoms with Crippen LogP contribution in [0.4, 0.5) is 0 Å². The molecular formula is C11H10BrN3O3. The first-order chi connectivity index (χ1) is 8.61. The van der Waals surface area contributed by atoms with Crippen LogP contribution in [0.15, 0.2) is 29.1 Å². The predicted octanol–water partition coefficient (Wildman–Crippen LogP) is 1.26. The molecule has 0 aromatic carbocycles. The lowest BCUT2D eigenvalue weighted by Gasteiger charge is -2.00. The Morgan fingerprint density at radius 3 is 2.83 bits per heavy atom. The standard InChI is InChI=1S/C11H10BrN3O3/c12-8-3-9(5-13-4-8)15-6-7(1-2-16)10(14-15)11(17)18/h3-6,16H,1-2H2,(H,17,18). The minimum absolute atomic E-state index is 0.0518. The van der Waals surface area contributed by atoms with E-state index in [2.05, 4.69) is 26.0 Å². The van der Waals surface area contributed by atoms with Crippen molar-refractivity contribution < 1.29 is 15.0 Å². The molecule has 0 aliphatic carbocycles. The number of rotatable bonds is 4. The van der Waals surface area contributed by atoms with Gasteiger partial charge in [-0.05, 0) is 28.4 Å². The molecule has 0 saturated heterocycles. The van der Waals surface area contributed by atoms with E-state index in [9.17, 15) is 4.79 Å². The Labute approximate surface area is 111 Å². The number of aromatic nitrogens is 3. The molecule has 0 amide bonds. The monoisotopic (exact) mass is 311 g/mol. The Morgan fingerprint density at radius 1 is 1.44 bits per heavy atom. The summed E-state index contributed by atoms with van der Waals surface area (Å²) in [5.41, 5.74) is 1.09. The molecule has 0 radical (unpaired) electrons. The smallest absolute Gasteiger partial charge is 0.356 e. The van der Waals surface area contributed by atoms with Crippen LogP contribution >= 0.6 is 15.9 Å². The summed E-state index contributed by atoms with van der Waals surface area (Å²) in [6.07, 6.45) is 5.04. The first-order valence-corrected chi connectivity index (χ1v) is 5.94. The second kappa shape index (κ2) is 5.28. The van der Waals surface area contributed by atoms with E-state index in [0.717, 1.165) is 4.47 Å². The van der Waals surface area contributed by atoms with Crippen LogP contribution in [0.3, 0.4) is 0 Å². The molecule has 2 rings (SSSR count). The lowest BCUT2D eigenvalue weighted by molar-refractivity contribution is 0.0688. The molecule has 0 saturated carbocycles. The van der Waals surface area contributed by atoms with E-state index in [0.29, 0.717) is 11.3 Å². The van der Waals surface area contributed by atoms with E-state index in [4.69, 9.17) is 10.2 Å². The molecule has 2 N–H and O–H groups in total. The summed E-state index contributed by atoms with van der Waals surface area (Å²) in [7, 11) is 0. The number of carbonyl (C=O) groups is 1. The van der Waals surface area contributed by atoms with Crippen molar-refractivity contribution in [1.29, 1.82) is 0 Å². The number of aliphatic hydroxyl groups is 1. The number of aromatic carboxylic acids is 1. The number of halogens is 1. The van der Waals surface area contributed by atoms with Gasteiger partial charge >= 0.3 is 5.97 Å². The maximum atomic E-state index is 11.0. The van der Waals surface area contributed by atoms with Crippen molar-refractivity contribution >= 4 is 21.9 Å². The van der Waals surface area contributed by atoms with Crippen molar-refractivity contribution in [2.45, 2.75) is 6.42 Å². The molecule has 0 aliphatic heterocycles. The topological polar surface area (TPSA) is 88.2 Å². The van der Waals surface area contributed by atoms with Crippen molar-refractivity contribution in [2.24, 2.45) is 0 Å². The predicted molar refractivity (Wildman–Crippen MR) is 66.8 cm³/mol. The molecule has 0 atom stereocenters. The molecule has 0 spiro atoms. The maximum Gasteiger partial charge on any atom is 0.356 e. The Kier molecular flexibility index (Phi) is 3.73. The van der Waals surface area contributed by atoms with Gasteiger partial charge in [0.1, 0.15) is 0 Å². The van der Waals surface area contributed by atoms with Gasteiger partial charge in [-0.1, -0.05) is 0 Å². The Bertz CT molecular complexity index is 583. The second-order valence-electron chi connectivity index (χ2n) is 3.59. The van der Waals surface area contributed by atoms with Crippen LogP contribution in [0.2, 0.25) is 0 Å². The first kappa shape index (κ1) is 12.7. The van der Waals surface area contributed by atoms with Gasteiger partial charge < -0.3 is 10.2 Å². The lowest BCUT2D eigenvalue weighted by atomic mass is 10.2. The van der Waals surface area contributed by atoms with Gasteiger partial charge in [0.05, 0.1) is 11.9 Å². The highest BCUT2D eigenvalue weighted by atomic mass is 79.9. The molecule has 0 aliphatic rings. The van der Waals surface area contributed by atoms with Crippen LogP contribution in [-0.4, -0.2) is 37.6 Å². The average molecular weight is 312 g/mol. The molecule has 0 fully saturated rings. The van der Waals surface area contributed by atoms with Gasteiger partial charge in [0.25, 0.3) is 0 Å². The summed E-state index contributed by atoms with van der Waals surface area (Å²) in [4.78, 5) is 15.0. The second-order valence-corrected chi connectivity index (χ2v) is 4.50. The molecule has 7 heteroatoms. The number of carboxylic acid groups (broad SMARTS) is 1. The number of carboxylic acids is 1. The lowest BCUT2D eigenvalue weighted by Crippen LogP contribution is -2.03. The van der Waals surface area contributed by atoms with Crippen LogP contribution in [0.25, 0.3) is 5.69 Å². The molecule has 2 aromatic heterocycles. The SMILES string of the molecule is O=C(O)c1nn(-c2cncc(Br)c2)cc1CCO. The van der Waals surface area contributed by atoms with Crippen molar-refractivity contribution in [1.82, 2.24) is 14.8 Å². The molecule has 2 heterocycles. The number of hydrogen-bond donors (Lipinski definition) is 2. The van der Waals surface area contributed by atoms with Gasteiger partial charge in [-0.15, -0.1) is 0 Å². The van der Waals surface area contributed by atoms with Crippen LogP contribution in [0.1, 0.15) is 16.1 Å². The summed E-state index contributed by atoms with van der Waals surface area (Å²) in [6, 6.07) is 1.77. The van der Waals surface area contributed by atoms with Crippen LogP contribution in [-0.2, 0) is 6.42 Å². The molecule has 6 nitrogen and oxygen atoms in total. The summed E-state index contributed by atoms with van der Waals surface area (Å²) in [6.45, 7) is -0.122. The highest BCUT2D eigenvalue weighted by Crippen LogP contribution is 2.16. The summed E-state index contributed by atoms with van der Waals surface area (Å²) < 4.78 is 2.21. The van der Waals surface area contributed by atoms with Crippen molar-refractivity contribution in [3.05, 3.63) is 40.4 Å². The van der Waals surface area contributed by atoms with Crippen molar-refractivity contribution in [3.63, 3.8) is 0 Å². The van der Waals surface area contributed by atoms with Crippen molar-refractivity contribution in [3.8, 4) is 5.69 Å². The fourth-order valence-corrected chi connectivity index (χ4v) is 1.90. The molecule has 94 valence electrons. The largest absolute Gasteiger partial charge is 0.476 e. The zero-order chi connectivity index (χ0) is 13.1. The molecule has 2 aromatic rings. The average Bonchev–Trinajstić information content (AvgIpc) is 2.74. The Morgan fingerprint density at radius 2 is 2.22 bits per heavy atom. The van der Waals surface area contributed by atoms with E-state index in [1.165, 1.54) is 4.68 Å². The molecule has 0 unspecified atom stereocenters. The molecule has 18 heavy (non-hydrogen) atoms. The van der Waals surface area contributed by atoms with E-state index in [-0.39, 0.29) is 18.7 Å². The van der Waals surface area contributed by atoms with Crippen LogP contribution < -0.4 is 0 Å².